The van der Waals surface area contributed by atoms with Crippen LogP contribution in [0.5, 0.6) is 0 Å². The van der Waals surface area contributed by atoms with Gasteiger partial charge < -0.3 is 11.1 Å². The molecule has 0 spiro atoms. The predicted molar refractivity (Wildman–Crippen MR) is 86.7 cm³/mol. The summed E-state index contributed by atoms with van der Waals surface area (Å²) in [6.07, 6.45) is 1.18. The zero-order chi connectivity index (χ0) is 15.7. The Balaban J connectivity index is 1.72. The SMILES string of the molecule is CC1(C)C(CNC(=O)CCC(N)c2ccccc2)C1(C)C. The molecule has 3 nitrogen and oxygen atoms in total. The summed E-state index contributed by atoms with van der Waals surface area (Å²) in [5.74, 6) is 0.677. The van der Waals surface area contributed by atoms with Gasteiger partial charge in [0.2, 0.25) is 5.91 Å². The number of hydrogen-bond acceptors (Lipinski definition) is 2. The van der Waals surface area contributed by atoms with Crippen LogP contribution in [0, 0.1) is 16.7 Å². The lowest BCUT2D eigenvalue weighted by molar-refractivity contribution is -0.121. The van der Waals surface area contributed by atoms with Crippen LogP contribution in [0.3, 0.4) is 0 Å². The summed E-state index contributed by atoms with van der Waals surface area (Å²) in [7, 11) is 0. The molecule has 1 unspecified atom stereocenters. The Morgan fingerprint density at radius 3 is 2.29 bits per heavy atom. The van der Waals surface area contributed by atoms with Crippen molar-refractivity contribution in [3.05, 3.63) is 35.9 Å². The van der Waals surface area contributed by atoms with Crippen molar-refractivity contribution >= 4 is 5.91 Å². The summed E-state index contributed by atoms with van der Waals surface area (Å²) in [6.45, 7) is 9.87. The Morgan fingerprint density at radius 1 is 1.19 bits per heavy atom. The Hall–Kier alpha value is -1.35. The van der Waals surface area contributed by atoms with Gasteiger partial charge in [-0.1, -0.05) is 58.0 Å². The van der Waals surface area contributed by atoms with E-state index in [1.54, 1.807) is 0 Å². The zero-order valence-electron chi connectivity index (χ0n) is 13.6. The molecule has 3 N–H and O–H groups in total. The number of hydrogen-bond donors (Lipinski definition) is 2. The molecule has 0 aliphatic heterocycles. The van der Waals surface area contributed by atoms with Gasteiger partial charge in [-0.3, -0.25) is 4.79 Å². The number of rotatable bonds is 6. The second-order valence-electron chi connectivity index (χ2n) is 7.36. The summed E-state index contributed by atoms with van der Waals surface area (Å²) in [5.41, 5.74) is 7.85. The molecular formula is C18H28N2O. The monoisotopic (exact) mass is 288 g/mol. The fourth-order valence-corrected chi connectivity index (χ4v) is 3.30. The van der Waals surface area contributed by atoms with E-state index in [-0.39, 0.29) is 11.9 Å². The lowest BCUT2D eigenvalue weighted by Crippen LogP contribution is -2.27. The van der Waals surface area contributed by atoms with E-state index in [1.165, 1.54) is 0 Å². The first-order chi connectivity index (χ1) is 9.76. The van der Waals surface area contributed by atoms with Gasteiger partial charge in [-0.2, -0.15) is 0 Å². The van der Waals surface area contributed by atoms with Crippen LogP contribution in [0.25, 0.3) is 0 Å². The Morgan fingerprint density at radius 2 is 1.76 bits per heavy atom. The zero-order valence-corrected chi connectivity index (χ0v) is 13.6. The van der Waals surface area contributed by atoms with Gasteiger partial charge in [0.15, 0.2) is 0 Å². The molecule has 0 heterocycles. The van der Waals surface area contributed by atoms with Crippen LogP contribution in [0.4, 0.5) is 0 Å². The van der Waals surface area contributed by atoms with E-state index in [9.17, 15) is 4.79 Å². The van der Waals surface area contributed by atoms with Gasteiger partial charge in [0.25, 0.3) is 0 Å². The number of nitrogens with one attached hydrogen (secondary N) is 1. The second kappa shape index (κ2) is 5.80. The normalized spacial score (nSPS) is 20.8. The third-order valence-electron chi connectivity index (χ3n) is 5.73. The highest BCUT2D eigenvalue weighted by Gasteiger charge is 2.64. The van der Waals surface area contributed by atoms with E-state index in [1.807, 2.05) is 30.3 Å². The van der Waals surface area contributed by atoms with E-state index in [0.717, 1.165) is 12.1 Å². The summed E-state index contributed by atoms with van der Waals surface area (Å²) in [6, 6.07) is 9.89. The first kappa shape index (κ1) is 16.0. The number of carbonyl (C=O) groups excluding carboxylic acids is 1. The van der Waals surface area contributed by atoms with Crippen LogP contribution in [-0.2, 0) is 4.79 Å². The smallest absolute Gasteiger partial charge is 0.220 e. The number of carbonyl (C=O) groups is 1. The van der Waals surface area contributed by atoms with Crippen LogP contribution >= 0.6 is 0 Å². The maximum atomic E-state index is 12.0. The molecule has 1 amide bonds. The fraction of sp³-hybridized carbons (Fsp3) is 0.611. The quantitative estimate of drug-likeness (QED) is 0.844. The van der Waals surface area contributed by atoms with E-state index >= 15 is 0 Å². The van der Waals surface area contributed by atoms with Crippen LogP contribution in [0.15, 0.2) is 30.3 Å². The number of amides is 1. The molecule has 1 aromatic rings. The molecule has 0 saturated heterocycles. The Kier molecular flexibility index (Phi) is 4.43. The number of benzene rings is 1. The molecular weight excluding hydrogens is 260 g/mol. The van der Waals surface area contributed by atoms with E-state index in [0.29, 0.717) is 29.6 Å². The van der Waals surface area contributed by atoms with Crippen LogP contribution in [0.1, 0.15) is 52.1 Å². The topological polar surface area (TPSA) is 55.1 Å². The van der Waals surface area contributed by atoms with Gasteiger partial charge in [-0.15, -0.1) is 0 Å². The fourth-order valence-electron chi connectivity index (χ4n) is 3.30. The molecule has 1 fully saturated rings. The lowest BCUT2D eigenvalue weighted by Gasteiger charge is -2.12. The molecule has 2 rings (SSSR count). The van der Waals surface area contributed by atoms with Gasteiger partial charge in [0.05, 0.1) is 0 Å². The molecule has 1 aliphatic carbocycles. The Bertz CT molecular complexity index is 479. The maximum Gasteiger partial charge on any atom is 0.220 e. The minimum absolute atomic E-state index is 0.0641. The van der Waals surface area contributed by atoms with E-state index < -0.39 is 0 Å². The van der Waals surface area contributed by atoms with Crippen molar-refractivity contribution in [3.63, 3.8) is 0 Å². The lowest BCUT2D eigenvalue weighted by atomic mass is 10.0. The standard InChI is InChI=1S/C18H28N2O/c1-17(2)15(18(17,3)4)12-20-16(21)11-10-14(19)13-8-6-5-7-9-13/h5-9,14-15H,10-12,19H2,1-4H3,(H,20,21). The molecule has 116 valence electrons. The summed E-state index contributed by atoms with van der Waals surface area (Å²) in [4.78, 5) is 12.0. The third kappa shape index (κ3) is 3.29. The van der Waals surface area contributed by atoms with E-state index in [2.05, 4.69) is 33.0 Å². The van der Waals surface area contributed by atoms with Crippen LogP contribution in [0.2, 0.25) is 0 Å². The highest BCUT2D eigenvalue weighted by Crippen LogP contribution is 2.67. The molecule has 21 heavy (non-hydrogen) atoms. The average molecular weight is 288 g/mol. The van der Waals surface area contributed by atoms with Gasteiger partial charge in [0.1, 0.15) is 0 Å². The molecule has 0 radical (unpaired) electrons. The van der Waals surface area contributed by atoms with Crippen molar-refractivity contribution in [2.75, 3.05) is 6.54 Å². The molecule has 3 heteroatoms. The van der Waals surface area contributed by atoms with Crippen molar-refractivity contribution in [1.29, 1.82) is 0 Å². The van der Waals surface area contributed by atoms with Crippen molar-refractivity contribution < 1.29 is 4.79 Å². The van der Waals surface area contributed by atoms with E-state index in [4.69, 9.17) is 5.73 Å². The molecule has 0 aromatic heterocycles. The molecule has 1 aromatic carbocycles. The van der Waals surface area contributed by atoms with Gasteiger partial charge in [-0.25, -0.2) is 0 Å². The predicted octanol–water partition coefficient (Wildman–Crippen LogP) is 3.27. The first-order valence-corrected chi connectivity index (χ1v) is 7.84. The highest BCUT2D eigenvalue weighted by molar-refractivity contribution is 5.76. The van der Waals surface area contributed by atoms with Gasteiger partial charge >= 0.3 is 0 Å². The van der Waals surface area contributed by atoms with Crippen LogP contribution < -0.4 is 11.1 Å². The molecule has 1 atom stereocenters. The van der Waals surface area contributed by atoms with Gasteiger partial charge in [-0.05, 0) is 28.7 Å². The molecule has 0 bridgehead atoms. The first-order valence-electron chi connectivity index (χ1n) is 7.84. The van der Waals surface area contributed by atoms with Crippen LogP contribution in [-0.4, -0.2) is 12.5 Å². The second-order valence-corrected chi connectivity index (χ2v) is 7.36. The average Bonchev–Trinajstić information content (AvgIpc) is 2.84. The highest BCUT2D eigenvalue weighted by atomic mass is 16.1. The van der Waals surface area contributed by atoms with Gasteiger partial charge in [0, 0.05) is 19.0 Å². The summed E-state index contributed by atoms with van der Waals surface area (Å²) < 4.78 is 0. The minimum Gasteiger partial charge on any atom is -0.356 e. The summed E-state index contributed by atoms with van der Waals surface area (Å²) in [5, 5.41) is 3.07. The van der Waals surface area contributed by atoms with Crippen molar-refractivity contribution in [2.45, 2.75) is 46.6 Å². The third-order valence-corrected chi connectivity index (χ3v) is 5.73. The summed E-state index contributed by atoms with van der Waals surface area (Å²) >= 11 is 0. The van der Waals surface area contributed by atoms with Crippen molar-refractivity contribution in [2.24, 2.45) is 22.5 Å². The minimum atomic E-state index is -0.0641. The van der Waals surface area contributed by atoms with Crippen molar-refractivity contribution in [3.8, 4) is 0 Å². The number of nitrogens with two attached hydrogens (primary N) is 1. The molecule has 1 aliphatic rings. The largest absolute Gasteiger partial charge is 0.356 e. The maximum absolute atomic E-state index is 12.0. The van der Waals surface area contributed by atoms with Crippen molar-refractivity contribution in [1.82, 2.24) is 5.32 Å². The Labute approximate surface area is 128 Å². The molecule has 1 saturated carbocycles.